The van der Waals surface area contributed by atoms with Crippen molar-refractivity contribution in [3.63, 3.8) is 0 Å². The molecule has 0 aliphatic carbocycles. The second-order valence-corrected chi connectivity index (χ2v) is 4.32. The molecule has 1 heterocycles. The van der Waals surface area contributed by atoms with E-state index in [4.69, 9.17) is 0 Å². The Morgan fingerprint density at radius 1 is 1.50 bits per heavy atom. The second-order valence-electron chi connectivity index (χ2n) is 4.32. The predicted molar refractivity (Wildman–Crippen MR) is 58.1 cm³/mol. The minimum atomic E-state index is -0.318. The molecular weight excluding hydrogens is 178 g/mol. The lowest BCUT2D eigenvalue weighted by Gasteiger charge is -2.14. The lowest BCUT2D eigenvalue weighted by atomic mass is 10.1. The molecule has 1 fully saturated rings. The first-order chi connectivity index (χ1) is 6.49. The van der Waals surface area contributed by atoms with E-state index in [-0.39, 0.29) is 5.60 Å². The number of ether oxygens (including phenoxy) is 1. The summed E-state index contributed by atoms with van der Waals surface area (Å²) in [4.78, 5) is 9.60. The van der Waals surface area contributed by atoms with Crippen molar-refractivity contribution >= 4 is 6.47 Å². The minimum absolute atomic E-state index is 0.318. The van der Waals surface area contributed by atoms with E-state index in [2.05, 4.69) is 16.6 Å². The van der Waals surface area contributed by atoms with E-state index >= 15 is 0 Å². The maximum atomic E-state index is 9.60. The van der Waals surface area contributed by atoms with Crippen molar-refractivity contribution in [1.29, 1.82) is 0 Å². The van der Waals surface area contributed by atoms with E-state index in [0.717, 1.165) is 12.5 Å². The van der Waals surface area contributed by atoms with Crippen molar-refractivity contribution in [2.24, 2.45) is 5.92 Å². The number of hydrogen-bond donors (Lipinski definition) is 1. The van der Waals surface area contributed by atoms with Gasteiger partial charge in [-0.1, -0.05) is 6.08 Å². The van der Waals surface area contributed by atoms with Gasteiger partial charge in [0.25, 0.3) is 6.47 Å². The zero-order valence-corrected chi connectivity index (χ0v) is 9.38. The van der Waals surface area contributed by atoms with E-state index in [0.29, 0.717) is 6.47 Å². The van der Waals surface area contributed by atoms with Gasteiger partial charge >= 0.3 is 0 Å². The minimum Gasteiger partial charge on any atom is -0.462 e. The Hall–Kier alpha value is -0.830. The highest BCUT2D eigenvalue weighted by molar-refractivity contribution is 5.37. The fourth-order valence-corrected chi connectivity index (χ4v) is 1.02. The highest BCUT2D eigenvalue weighted by atomic mass is 16.5. The van der Waals surface area contributed by atoms with Gasteiger partial charge in [-0.2, -0.15) is 0 Å². The van der Waals surface area contributed by atoms with Gasteiger partial charge in [-0.05, 0) is 39.7 Å². The summed E-state index contributed by atoms with van der Waals surface area (Å²) in [5.74, 6) is 0.750. The van der Waals surface area contributed by atoms with Gasteiger partial charge < -0.3 is 10.1 Å². The Morgan fingerprint density at radius 3 is 2.29 bits per heavy atom. The van der Waals surface area contributed by atoms with Crippen LogP contribution in [0.3, 0.4) is 0 Å². The first kappa shape index (κ1) is 13.2. The van der Waals surface area contributed by atoms with E-state index in [1.165, 1.54) is 13.0 Å². The van der Waals surface area contributed by atoms with Crippen molar-refractivity contribution < 1.29 is 9.53 Å². The molecule has 0 saturated carbocycles. The first-order valence-corrected chi connectivity index (χ1v) is 4.94. The van der Waals surface area contributed by atoms with Crippen LogP contribution in [0.5, 0.6) is 0 Å². The third-order valence-electron chi connectivity index (χ3n) is 1.83. The number of carbonyl (C=O) groups excluding carboxylic acids is 1. The quantitative estimate of drug-likeness (QED) is 0.544. The molecule has 0 aromatic carbocycles. The van der Waals surface area contributed by atoms with Crippen molar-refractivity contribution in [3.8, 4) is 0 Å². The Bertz CT molecular complexity index is 167. The Kier molecular flexibility index (Phi) is 6.21. The third kappa shape index (κ3) is 7.80. The Balaban J connectivity index is 0.000000241. The lowest BCUT2D eigenvalue weighted by Crippen LogP contribution is -2.17. The summed E-state index contributed by atoms with van der Waals surface area (Å²) >= 11 is 0. The van der Waals surface area contributed by atoms with Crippen molar-refractivity contribution in [3.05, 3.63) is 12.7 Å². The number of nitrogens with one attached hydrogen (secondary N) is 1. The van der Waals surface area contributed by atoms with Gasteiger partial charge in [0.1, 0.15) is 5.60 Å². The van der Waals surface area contributed by atoms with Crippen LogP contribution in [0.1, 0.15) is 27.2 Å². The fraction of sp³-hybridized carbons (Fsp3) is 0.727. The molecule has 1 saturated heterocycles. The summed E-state index contributed by atoms with van der Waals surface area (Å²) in [5, 5.41) is 3.25. The molecule has 82 valence electrons. The molecule has 0 amide bonds. The largest absolute Gasteiger partial charge is 0.462 e. The monoisotopic (exact) mass is 199 g/mol. The summed E-state index contributed by atoms with van der Waals surface area (Å²) < 4.78 is 4.55. The van der Waals surface area contributed by atoms with Crippen molar-refractivity contribution in [2.75, 3.05) is 13.1 Å². The molecule has 3 nitrogen and oxygen atoms in total. The molecule has 0 aromatic heterocycles. The van der Waals surface area contributed by atoms with Crippen LogP contribution in [0.15, 0.2) is 12.7 Å². The van der Waals surface area contributed by atoms with Crippen LogP contribution in [0.4, 0.5) is 0 Å². The van der Waals surface area contributed by atoms with Crippen LogP contribution in [-0.2, 0) is 9.53 Å². The van der Waals surface area contributed by atoms with Crippen LogP contribution in [-0.4, -0.2) is 25.2 Å². The molecule has 1 aliphatic rings. The van der Waals surface area contributed by atoms with Crippen LogP contribution < -0.4 is 5.32 Å². The van der Waals surface area contributed by atoms with E-state index in [1.807, 2.05) is 26.8 Å². The predicted octanol–water partition coefficient (Wildman–Crippen LogP) is 1.74. The van der Waals surface area contributed by atoms with Crippen molar-refractivity contribution in [2.45, 2.75) is 32.8 Å². The molecular formula is C11H21NO2. The van der Waals surface area contributed by atoms with Crippen LogP contribution >= 0.6 is 0 Å². The SMILES string of the molecule is C=C[C@@H]1CCNC1.CC(C)(C)OC=O. The third-order valence-corrected chi connectivity index (χ3v) is 1.83. The summed E-state index contributed by atoms with van der Waals surface area (Å²) in [5.41, 5.74) is -0.318. The van der Waals surface area contributed by atoms with Crippen LogP contribution in [0.25, 0.3) is 0 Å². The standard InChI is InChI=1S/C6H11N.C5H10O2/c1-2-6-3-4-7-5-6;1-5(2,3)7-4-6/h2,6-7H,1,3-5H2;4H,1-3H3/t6-;/m1./s1. The molecule has 0 aromatic rings. The molecule has 3 heteroatoms. The first-order valence-electron chi connectivity index (χ1n) is 4.94. The molecule has 0 spiro atoms. The highest BCUT2D eigenvalue weighted by Crippen LogP contribution is 2.06. The summed E-state index contributed by atoms with van der Waals surface area (Å²) in [7, 11) is 0. The molecule has 0 radical (unpaired) electrons. The van der Waals surface area contributed by atoms with E-state index < -0.39 is 0 Å². The van der Waals surface area contributed by atoms with Gasteiger partial charge in [0.15, 0.2) is 0 Å². The average Bonchev–Trinajstić information content (AvgIpc) is 2.54. The lowest BCUT2D eigenvalue weighted by molar-refractivity contribution is -0.138. The molecule has 0 bridgehead atoms. The van der Waals surface area contributed by atoms with Gasteiger partial charge in [0.05, 0.1) is 0 Å². The molecule has 0 unspecified atom stereocenters. The normalized spacial score (nSPS) is 20.6. The second kappa shape index (κ2) is 6.60. The molecule has 1 N–H and O–H groups in total. The maximum absolute atomic E-state index is 9.60. The molecule has 1 rings (SSSR count). The Labute approximate surface area is 86.5 Å². The number of rotatable bonds is 2. The zero-order valence-electron chi connectivity index (χ0n) is 9.38. The highest BCUT2D eigenvalue weighted by Gasteiger charge is 2.08. The topological polar surface area (TPSA) is 38.3 Å². The summed E-state index contributed by atoms with van der Waals surface area (Å²) in [6.07, 6.45) is 3.31. The van der Waals surface area contributed by atoms with E-state index in [1.54, 1.807) is 0 Å². The number of carbonyl (C=O) groups is 1. The molecule has 14 heavy (non-hydrogen) atoms. The Morgan fingerprint density at radius 2 is 2.14 bits per heavy atom. The maximum Gasteiger partial charge on any atom is 0.293 e. The van der Waals surface area contributed by atoms with Gasteiger partial charge in [0.2, 0.25) is 0 Å². The van der Waals surface area contributed by atoms with E-state index in [9.17, 15) is 4.79 Å². The molecule has 1 aliphatic heterocycles. The van der Waals surface area contributed by atoms with Gasteiger partial charge in [-0.3, -0.25) is 4.79 Å². The zero-order chi connectivity index (χ0) is 11.0. The average molecular weight is 199 g/mol. The number of hydrogen-bond acceptors (Lipinski definition) is 3. The van der Waals surface area contributed by atoms with Crippen molar-refractivity contribution in [1.82, 2.24) is 5.32 Å². The van der Waals surface area contributed by atoms with Gasteiger partial charge in [-0.15, -0.1) is 6.58 Å². The molecule has 1 atom stereocenters. The van der Waals surface area contributed by atoms with Gasteiger partial charge in [0, 0.05) is 6.54 Å². The fourth-order valence-electron chi connectivity index (χ4n) is 1.02. The van der Waals surface area contributed by atoms with Gasteiger partial charge in [-0.25, -0.2) is 0 Å². The van der Waals surface area contributed by atoms with Crippen LogP contribution in [0.2, 0.25) is 0 Å². The summed E-state index contributed by atoms with van der Waals surface area (Å²) in [6.45, 7) is 11.9. The van der Waals surface area contributed by atoms with Crippen LogP contribution in [0, 0.1) is 5.92 Å². The summed E-state index contributed by atoms with van der Waals surface area (Å²) in [6, 6.07) is 0. The smallest absolute Gasteiger partial charge is 0.293 e.